The molecule has 2 heterocycles. The molecule has 1 aromatic carbocycles. The number of allylic oxidation sites excluding steroid dienone is 4. The molecule has 2 aromatic rings. The predicted octanol–water partition coefficient (Wildman–Crippen LogP) is 5.27. The number of nitrogens with zero attached hydrogens (tertiary/aromatic N) is 3. The third-order valence-corrected chi connectivity index (χ3v) is 7.08. The number of aromatic nitrogens is 1. The molecule has 1 aromatic heterocycles. The number of rotatable bonds is 7. The molecule has 0 radical (unpaired) electrons. The van der Waals surface area contributed by atoms with Crippen LogP contribution in [0.5, 0.6) is 0 Å². The molecular weight excluding hydrogens is 418 g/mol. The number of nitriles is 1. The fourth-order valence-corrected chi connectivity index (χ4v) is 5.48. The Bertz CT molecular complexity index is 1120. The van der Waals surface area contributed by atoms with E-state index < -0.39 is 0 Å². The lowest BCUT2D eigenvalue weighted by Gasteiger charge is -2.40. The van der Waals surface area contributed by atoms with Crippen molar-refractivity contribution < 1.29 is 9.84 Å². The van der Waals surface area contributed by atoms with Crippen LogP contribution in [-0.2, 0) is 11.2 Å². The smallest absolute Gasteiger partial charge is 0.130 e. The van der Waals surface area contributed by atoms with Gasteiger partial charge in [0.15, 0.2) is 0 Å². The first-order chi connectivity index (χ1) is 15.4. The first-order valence-corrected chi connectivity index (χ1v) is 11.9. The Kier molecular flexibility index (Phi) is 6.61. The molecule has 1 N–H and O–H groups in total. The van der Waals surface area contributed by atoms with Crippen molar-refractivity contribution >= 4 is 16.9 Å². The lowest BCUT2D eigenvalue weighted by molar-refractivity contribution is -0.0251. The van der Waals surface area contributed by atoms with E-state index in [0.29, 0.717) is 17.4 Å². The zero-order valence-electron chi connectivity index (χ0n) is 18.8. The normalized spacial score (nSPS) is 19.6. The largest absolute Gasteiger partial charge is 0.490 e. The lowest BCUT2D eigenvalue weighted by Crippen LogP contribution is -2.51. The maximum Gasteiger partial charge on any atom is 0.130 e. The Balaban J connectivity index is 1.60. The average Bonchev–Trinajstić information content (AvgIpc) is 3.39. The van der Waals surface area contributed by atoms with E-state index in [2.05, 4.69) is 40.7 Å². The minimum absolute atomic E-state index is 0.0386. The van der Waals surface area contributed by atoms with E-state index >= 15 is 0 Å². The molecule has 0 saturated carbocycles. The highest BCUT2D eigenvalue weighted by Gasteiger charge is 2.36. The molecule has 6 heteroatoms. The number of hydrogen-bond acceptors (Lipinski definition) is 6. The van der Waals surface area contributed by atoms with Crippen LogP contribution in [0, 0.1) is 11.3 Å². The van der Waals surface area contributed by atoms with E-state index in [0.717, 1.165) is 41.4 Å². The molecule has 1 atom stereocenters. The maximum atomic E-state index is 9.70. The summed E-state index contributed by atoms with van der Waals surface area (Å²) in [5, 5.41) is 20.1. The molecule has 32 heavy (non-hydrogen) atoms. The highest BCUT2D eigenvalue weighted by atomic mass is 32.1. The Morgan fingerprint density at radius 2 is 2.19 bits per heavy atom. The van der Waals surface area contributed by atoms with Gasteiger partial charge in [0.2, 0.25) is 0 Å². The Hall–Kier alpha value is -2.72. The number of β-amino-alcohol motifs (C(OH)–C–C–N with tert-alkyl or cyclic N) is 1. The molecule has 166 valence electrons. The van der Waals surface area contributed by atoms with Crippen LogP contribution in [-0.4, -0.2) is 40.3 Å². The van der Waals surface area contributed by atoms with Gasteiger partial charge in [-0.05, 0) is 56.4 Å². The summed E-state index contributed by atoms with van der Waals surface area (Å²) in [6.07, 6.45) is 7.60. The van der Waals surface area contributed by atoms with E-state index in [9.17, 15) is 10.4 Å². The first-order valence-electron chi connectivity index (χ1n) is 11.1. The summed E-state index contributed by atoms with van der Waals surface area (Å²) in [7, 11) is 0. The van der Waals surface area contributed by atoms with E-state index in [1.54, 1.807) is 17.4 Å². The lowest BCUT2D eigenvalue weighted by atomic mass is 9.99. The van der Waals surface area contributed by atoms with Crippen molar-refractivity contribution in [2.24, 2.45) is 0 Å². The second kappa shape index (κ2) is 9.41. The summed E-state index contributed by atoms with van der Waals surface area (Å²) in [5.74, 6) is 0.377. The van der Waals surface area contributed by atoms with Crippen LogP contribution in [0.3, 0.4) is 0 Å². The summed E-state index contributed by atoms with van der Waals surface area (Å²) >= 11 is 1.64. The van der Waals surface area contributed by atoms with Crippen molar-refractivity contribution in [2.45, 2.75) is 51.9 Å². The first kappa shape index (κ1) is 22.5. The third kappa shape index (κ3) is 4.42. The second-order valence-corrected chi connectivity index (χ2v) is 9.60. The minimum atomic E-state index is -0.182. The standard InChI is InChI=1S/C26H29N3O2S/c1-5-18(11-19(12-27)17(4)31-16(2)3)26-28-13-25(32-26)23-8-6-7-22-21(23)9-10-24(22)29-14-20(30)15-29/h5-8,11,13,16,20,24,30H,4,9-10,14-15H2,1-3H3. The van der Waals surface area contributed by atoms with Crippen molar-refractivity contribution in [2.75, 3.05) is 13.1 Å². The summed E-state index contributed by atoms with van der Waals surface area (Å²) in [6.45, 7) is 11.2. The van der Waals surface area contributed by atoms with Gasteiger partial charge < -0.3 is 9.84 Å². The number of aliphatic hydroxyl groups is 1. The number of likely N-dealkylation sites (tertiary alicyclic amines) is 1. The average molecular weight is 448 g/mol. The second-order valence-electron chi connectivity index (χ2n) is 8.57. The number of hydrogen-bond donors (Lipinski definition) is 1. The molecule has 5 nitrogen and oxygen atoms in total. The fraction of sp³-hybridized carbons (Fsp3) is 0.385. The molecule has 0 spiro atoms. The third-order valence-electron chi connectivity index (χ3n) is 6.00. The molecule has 1 aliphatic carbocycles. The van der Waals surface area contributed by atoms with Crippen LogP contribution in [0.25, 0.3) is 16.0 Å². The van der Waals surface area contributed by atoms with Gasteiger partial charge in [-0.3, -0.25) is 4.90 Å². The quantitative estimate of drug-likeness (QED) is 0.356. The summed E-state index contributed by atoms with van der Waals surface area (Å²) in [6, 6.07) is 9.12. The molecule has 0 amide bonds. The molecule has 1 fully saturated rings. The van der Waals surface area contributed by atoms with Crippen LogP contribution in [0.4, 0.5) is 0 Å². The van der Waals surface area contributed by atoms with Crippen molar-refractivity contribution in [3.8, 4) is 16.5 Å². The van der Waals surface area contributed by atoms with Gasteiger partial charge in [0, 0.05) is 30.9 Å². The minimum Gasteiger partial charge on any atom is -0.490 e. The monoisotopic (exact) mass is 447 g/mol. The van der Waals surface area contributed by atoms with Crippen molar-refractivity contribution in [3.05, 3.63) is 70.6 Å². The Labute approximate surface area is 194 Å². The van der Waals surface area contributed by atoms with Gasteiger partial charge in [-0.25, -0.2) is 4.98 Å². The molecule has 1 aliphatic heterocycles. The van der Waals surface area contributed by atoms with Crippen LogP contribution in [0.1, 0.15) is 49.4 Å². The number of ether oxygens (including phenoxy) is 1. The zero-order chi connectivity index (χ0) is 22.8. The molecule has 2 aliphatic rings. The number of aliphatic hydroxyl groups excluding tert-OH is 1. The van der Waals surface area contributed by atoms with Gasteiger partial charge in [0.25, 0.3) is 0 Å². The van der Waals surface area contributed by atoms with Gasteiger partial charge in [0.1, 0.15) is 16.8 Å². The molecule has 1 unspecified atom stereocenters. The predicted molar refractivity (Wildman–Crippen MR) is 129 cm³/mol. The van der Waals surface area contributed by atoms with E-state index in [4.69, 9.17) is 4.74 Å². The molecular formula is C26H29N3O2S. The number of benzene rings is 1. The number of thiazole rings is 1. The van der Waals surface area contributed by atoms with Gasteiger partial charge in [-0.2, -0.15) is 5.26 Å². The SMILES string of the molecule is C=C(OC(C)C)C(C#N)=CC(=CC)c1ncc(-c2cccc3c2CCC3N2CC(O)C2)s1. The van der Waals surface area contributed by atoms with Crippen molar-refractivity contribution in [1.29, 1.82) is 5.26 Å². The van der Waals surface area contributed by atoms with Gasteiger partial charge in [-0.1, -0.05) is 30.9 Å². The van der Waals surface area contributed by atoms with Crippen LogP contribution >= 0.6 is 11.3 Å². The van der Waals surface area contributed by atoms with Gasteiger partial charge in [-0.15, -0.1) is 11.3 Å². The molecule has 4 rings (SSSR count). The molecule has 0 bridgehead atoms. The summed E-state index contributed by atoms with van der Waals surface area (Å²) < 4.78 is 5.61. The highest BCUT2D eigenvalue weighted by molar-refractivity contribution is 7.16. The van der Waals surface area contributed by atoms with E-state index in [-0.39, 0.29) is 12.2 Å². The van der Waals surface area contributed by atoms with Crippen LogP contribution in [0.15, 0.2) is 54.5 Å². The van der Waals surface area contributed by atoms with Crippen molar-refractivity contribution in [1.82, 2.24) is 9.88 Å². The highest BCUT2D eigenvalue weighted by Crippen LogP contribution is 2.43. The van der Waals surface area contributed by atoms with Gasteiger partial charge >= 0.3 is 0 Å². The number of fused-ring (bicyclic) bond motifs is 1. The van der Waals surface area contributed by atoms with Crippen LogP contribution in [0.2, 0.25) is 0 Å². The maximum absolute atomic E-state index is 9.70. The Morgan fingerprint density at radius 3 is 2.84 bits per heavy atom. The summed E-state index contributed by atoms with van der Waals surface area (Å²) in [5.41, 5.74) is 5.30. The zero-order valence-corrected chi connectivity index (χ0v) is 19.7. The van der Waals surface area contributed by atoms with E-state index in [1.807, 2.05) is 33.0 Å². The molecule has 1 saturated heterocycles. The van der Waals surface area contributed by atoms with Crippen molar-refractivity contribution in [3.63, 3.8) is 0 Å². The topological polar surface area (TPSA) is 69.4 Å². The summed E-state index contributed by atoms with van der Waals surface area (Å²) in [4.78, 5) is 8.17. The Morgan fingerprint density at radius 1 is 1.41 bits per heavy atom. The van der Waals surface area contributed by atoms with Gasteiger partial charge in [0.05, 0.1) is 22.7 Å². The van der Waals surface area contributed by atoms with Crippen LogP contribution < -0.4 is 0 Å². The van der Waals surface area contributed by atoms with E-state index in [1.165, 1.54) is 16.7 Å². The fourth-order valence-electron chi connectivity index (χ4n) is 4.46.